The quantitative estimate of drug-likeness (QED) is 0.767. The van der Waals surface area contributed by atoms with Crippen molar-refractivity contribution in [2.45, 2.75) is 31.7 Å². The van der Waals surface area contributed by atoms with Gasteiger partial charge in [0.15, 0.2) is 0 Å². The van der Waals surface area contributed by atoms with Crippen molar-refractivity contribution in [1.29, 1.82) is 0 Å². The number of hydrogen-bond donors (Lipinski definition) is 1. The Morgan fingerprint density at radius 2 is 2.12 bits per heavy atom. The minimum atomic E-state index is 0.214. The van der Waals surface area contributed by atoms with Crippen LogP contribution in [0, 0.1) is 5.92 Å². The van der Waals surface area contributed by atoms with E-state index < -0.39 is 0 Å². The molecule has 4 heteroatoms. The summed E-state index contributed by atoms with van der Waals surface area (Å²) in [5, 5.41) is 3.18. The first-order valence-electron chi connectivity index (χ1n) is 6.35. The van der Waals surface area contributed by atoms with E-state index in [0.717, 1.165) is 52.0 Å². The fourth-order valence-corrected chi connectivity index (χ4v) is 2.75. The molecule has 2 aliphatic rings. The van der Waals surface area contributed by atoms with Crippen LogP contribution in [0.2, 0.25) is 0 Å². The van der Waals surface area contributed by atoms with Gasteiger partial charge in [-0.1, -0.05) is 0 Å². The molecular formula is C12H22N2O2. The van der Waals surface area contributed by atoms with Gasteiger partial charge in [-0.3, -0.25) is 4.79 Å². The molecule has 2 rings (SSSR count). The summed E-state index contributed by atoms with van der Waals surface area (Å²) in [5.74, 6) is 0.576. The Morgan fingerprint density at radius 1 is 1.38 bits per heavy atom. The van der Waals surface area contributed by atoms with Crippen LogP contribution in [-0.4, -0.2) is 50.2 Å². The summed E-state index contributed by atoms with van der Waals surface area (Å²) in [4.78, 5) is 14.4. The molecule has 1 unspecified atom stereocenters. The number of carbonyl (C=O) groups is 1. The molecule has 2 aliphatic heterocycles. The number of carbonyl (C=O) groups excluding carboxylic acids is 1. The third kappa shape index (κ3) is 2.55. The second-order valence-electron chi connectivity index (χ2n) is 4.77. The highest BCUT2D eigenvalue weighted by Gasteiger charge is 2.33. The largest absolute Gasteiger partial charge is 0.381 e. The van der Waals surface area contributed by atoms with Gasteiger partial charge in [0.1, 0.15) is 0 Å². The van der Waals surface area contributed by atoms with Crippen LogP contribution in [0.15, 0.2) is 0 Å². The average molecular weight is 226 g/mol. The molecule has 1 N–H and O–H groups in total. The smallest absolute Gasteiger partial charge is 0.226 e. The highest BCUT2D eigenvalue weighted by Crippen LogP contribution is 2.24. The first-order chi connectivity index (χ1) is 7.83. The Balaban J connectivity index is 1.91. The van der Waals surface area contributed by atoms with Crippen molar-refractivity contribution in [3.63, 3.8) is 0 Å². The lowest BCUT2D eigenvalue weighted by Crippen LogP contribution is -2.44. The summed E-state index contributed by atoms with van der Waals surface area (Å²) in [6, 6.07) is 0.417. The van der Waals surface area contributed by atoms with Gasteiger partial charge in [0.25, 0.3) is 0 Å². The second kappa shape index (κ2) is 5.64. The highest BCUT2D eigenvalue weighted by molar-refractivity contribution is 5.79. The molecule has 0 saturated carbocycles. The van der Waals surface area contributed by atoms with Crippen LogP contribution >= 0.6 is 0 Å². The molecule has 2 fully saturated rings. The first kappa shape index (κ1) is 11.9. The maximum absolute atomic E-state index is 12.3. The van der Waals surface area contributed by atoms with Gasteiger partial charge in [-0.15, -0.1) is 0 Å². The summed E-state index contributed by atoms with van der Waals surface area (Å²) in [6.45, 7) is 3.37. The van der Waals surface area contributed by atoms with Crippen LogP contribution in [0.1, 0.15) is 25.7 Å². The van der Waals surface area contributed by atoms with Crippen LogP contribution in [-0.2, 0) is 9.53 Å². The lowest BCUT2D eigenvalue weighted by atomic mass is 9.98. The summed E-state index contributed by atoms with van der Waals surface area (Å²) in [6.07, 6.45) is 4.11. The van der Waals surface area contributed by atoms with E-state index in [-0.39, 0.29) is 5.92 Å². The lowest BCUT2D eigenvalue weighted by Gasteiger charge is -2.30. The lowest BCUT2D eigenvalue weighted by molar-refractivity contribution is -0.139. The van der Waals surface area contributed by atoms with E-state index in [0.29, 0.717) is 11.9 Å². The monoisotopic (exact) mass is 226 g/mol. The van der Waals surface area contributed by atoms with Gasteiger partial charge in [-0.05, 0) is 32.7 Å². The van der Waals surface area contributed by atoms with Crippen LogP contribution in [0.4, 0.5) is 0 Å². The number of rotatable bonds is 3. The summed E-state index contributed by atoms with van der Waals surface area (Å²) in [7, 11) is 1.95. The molecule has 2 heterocycles. The van der Waals surface area contributed by atoms with Crippen molar-refractivity contribution < 1.29 is 9.53 Å². The number of nitrogens with one attached hydrogen (secondary N) is 1. The number of ether oxygens (including phenoxy) is 1. The standard InChI is InChI=1S/C12H22N2O2/c1-13-9-11-3-2-6-14(11)12(15)10-4-7-16-8-5-10/h10-11,13H,2-9H2,1H3. The molecule has 0 aliphatic carbocycles. The van der Waals surface area contributed by atoms with E-state index in [4.69, 9.17) is 4.74 Å². The predicted molar refractivity (Wildman–Crippen MR) is 62.2 cm³/mol. The summed E-state index contributed by atoms with van der Waals surface area (Å²) in [5.41, 5.74) is 0. The van der Waals surface area contributed by atoms with Crippen molar-refractivity contribution >= 4 is 5.91 Å². The molecule has 0 aromatic carbocycles. The predicted octanol–water partition coefficient (Wildman–Crippen LogP) is 0.623. The van der Waals surface area contributed by atoms with Gasteiger partial charge in [-0.25, -0.2) is 0 Å². The van der Waals surface area contributed by atoms with E-state index in [1.54, 1.807) is 0 Å². The van der Waals surface area contributed by atoms with Crippen LogP contribution in [0.25, 0.3) is 0 Å². The SMILES string of the molecule is CNCC1CCCN1C(=O)C1CCOCC1. The molecule has 1 atom stereocenters. The Bertz CT molecular complexity index is 239. The maximum atomic E-state index is 12.3. The zero-order valence-electron chi connectivity index (χ0n) is 10.1. The fraction of sp³-hybridized carbons (Fsp3) is 0.917. The van der Waals surface area contributed by atoms with Gasteiger partial charge in [0.2, 0.25) is 5.91 Å². The molecular weight excluding hydrogens is 204 g/mol. The van der Waals surface area contributed by atoms with Crippen LogP contribution in [0.5, 0.6) is 0 Å². The van der Waals surface area contributed by atoms with Crippen LogP contribution < -0.4 is 5.32 Å². The molecule has 0 bridgehead atoms. The zero-order chi connectivity index (χ0) is 11.4. The third-order valence-electron chi connectivity index (χ3n) is 3.67. The van der Waals surface area contributed by atoms with Crippen molar-refractivity contribution in [3.05, 3.63) is 0 Å². The Hall–Kier alpha value is -0.610. The first-order valence-corrected chi connectivity index (χ1v) is 6.35. The molecule has 92 valence electrons. The van der Waals surface area contributed by atoms with Gasteiger partial charge < -0.3 is 15.0 Å². The average Bonchev–Trinajstić information content (AvgIpc) is 2.78. The third-order valence-corrected chi connectivity index (χ3v) is 3.67. The topological polar surface area (TPSA) is 41.6 Å². The van der Waals surface area contributed by atoms with E-state index in [2.05, 4.69) is 10.2 Å². The van der Waals surface area contributed by atoms with Gasteiger partial charge in [0.05, 0.1) is 0 Å². The molecule has 0 spiro atoms. The molecule has 0 radical (unpaired) electrons. The van der Waals surface area contributed by atoms with Crippen molar-refractivity contribution in [1.82, 2.24) is 10.2 Å². The van der Waals surface area contributed by atoms with E-state index in [1.807, 2.05) is 7.05 Å². The van der Waals surface area contributed by atoms with Gasteiger partial charge in [0, 0.05) is 38.3 Å². The molecule has 0 aromatic rings. The maximum Gasteiger partial charge on any atom is 0.226 e. The number of likely N-dealkylation sites (tertiary alicyclic amines) is 1. The number of likely N-dealkylation sites (N-methyl/N-ethyl adjacent to an activating group) is 1. The number of amides is 1. The van der Waals surface area contributed by atoms with E-state index in [1.165, 1.54) is 0 Å². The normalized spacial score (nSPS) is 27.3. The fourth-order valence-electron chi connectivity index (χ4n) is 2.75. The molecule has 4 nitrogen and oxygen atoms in total. The number of hydrogen-bond acceptors (Lipinski definition) is 3. The Morgan fingerprint density at radius 3 is 2.81 bits per heavy atom. The van der Waals surface area contributed by atoms with E-state index in [9.17, 15) is 4.79 Å². The zero-order valence-corrected chi connectivity index (χ0v) is 10.1. The van der Waals surface area contributed by atoms with Crippen LogP contribution in [0.3, 0.4) is 0 Å². The van der Waals surface area contributed by atoms with Crippen molar-refractivity contribution in [3.8, 4) is 0 Å². The van der Waals surface area contributed by atoms with Crippen molar-refractivity contribution in [2.24, 2.45) is 5.92 Å². The van der Waals surface area contributed by atoms with Crippen molar-refractivity contribution in [2.75, 3.05) is 33.4 Å². The summed E-state index contributed by atoms with van der Waals surface area (Å²) < 4.78 is 5.30. The van der Waals surface area contributed by atoms with Gasteiger partial charge >= 0.3 is 0 Å². The summed E-state index contributed by atoms with van der Waals surface area (Å²) >= 11 is 0. The second-order valence-corrected chi connectivity index (χ2v) is 4.77. The minimum Gasteiger partial charge on any atom is -0.381 e. The molecule has 2 saturated heterocycles. The highest BCUT2D eigenvalue weighted by atomic mass is 16.5. The molecule has 0 aromatic heterocycles. The number of nitrogens with zero attached hydrogens (tertiary/aromatic N) is 1. The minimum absolute atomic E-state index is 0.214. The van der Waals surface area contributed by atoms with E-state index >= 15 is 0 Å². The molecule has 16 heavy (non-hydrogen) atoms. The Labute approximate surface area is 97.3 Å². The van der Waals surface area contributed by atoms with Gasteiger partial charge in [-0.2, -0.15) is 0 Å². The molecule has 1 amide bonds. The Kier molecular flexibility index (Phi) is 4.18.